The lowest BCUT2D eigenvalue weighted by Crippen LogP contribution is -2.05. The molecule has 0 spiro atoms. The zero-order chi connectivity index (χ0) is 16.8. The van der Waals surface area contributed by atoms with Crippen LogP contribution < -0.4 is 0 Å². The first-order chi connectivity index (χ1) is 11.1. The average molecular weight is 327 g/mol. The van der Waals surface area contributed by atoms with Gasteiger partial charge in [0.1, 0.15) is 0 Å². The molecular weight excluding hydrogens is 303 g/mol. The Labute approximate surface area is 139 Å². The molecule has 2 aromatic rings. The van der Waals surface area contributed by atoms with E-state index in [1.54, 1.807) is 0 Å². The maximum Gasteiger partial charge on any atom is 0.242 e. The van der Waals surface area contributed by atoms with Gasteiger partial charge in [0.25, 0.3) is 0 Å². The third kappa shape index (κ3) is 4.14. The van der Waals surface area contributed by atoms with Crippen molar-refractivity contribution >= 4 is 13.3 Å². The highest BCUT2D eigenvalue weighted by Crippen LogP contribution is 2.47. The normalized spacial score (nSPS) is 12.7. The number of benzene rings is 2. The van der Waals surface area contributed by atoms with Crippen LogP contribution in [-0.4, -0.2) is 5.52 Å². The molecule has 1 radical (unpaired) electrons. The van der Waals surface area contributed by atoms with Crippen LogP contribution in [0.4, 0.5) is 0 Å². The molecule has 0 saturated heterocycles. The number of carbonyl (C=O) groups is 1. The highest BCUT2D eigenvalue weighted by atomic mass is 31.1. The fourth-order valence-corrected chi connectivity index (χ4v) is 4.61. The summed E-state index contributed by atoms with van der Waals surface area (Å²) in [5.41, 5.74) is 3.03. The summed E-state index contributed by atoms with van der Waals surface area (Å²) in [4.78, 5) is 12.9. The molecule has 0 bridgehead atoms. The predicted octanol–water partition coefficient (Wildman–Crippen LogP) is 6.20. The molecule has 2 rings (SSSR count). The molecule has 0 saturated carbocycles. The fourth-order valence-electron chi connectivity index (χ4n) is 2.90. The minimum atomic E-state index is -1.99. The van der Waals surface area contributed by atoms with E-state index in [0.29, 0.717) is 5.56 Å². The Morgan fingerprint density at radius 3 is 2.17 bits per heavy atom. The topological polar surface area (TPSA) is 34.1 Å². The molecule has 0 heterocycles. The van der Waals surface area contributed by atoms with E-state index >= 15 is 0 Å². The second kappa shape index (κ2) is 8.17. The van der Waals surface area contributed by atoms with Crippen molar-refractivity contribution in [3.8, 4) is 0 Å². The Morgan fingerprint density at radius 2 is 1.61 bits per heavy atom. The molecule has 0 amide bonds. The number of aryl methyl sites for hydroxylation is 2. The maximum atomic E-state index is 13.1. The van der Waals surface area contributed by atoms with Crippen molar-refractivity contribution in [3.05, 3.63) is 70.8 Å². The third-order valence-corrected chi connectivity index (χ3v) is 5.94. The Kier molecular flexibility index (Phi) is 6.24. The van der Waals surface area contributed by atoms with Crippen LogP contribution in [0.25, 0.3) is 0 Å². The minimum absolute atomic E-state index is 0.197. The van der Waals surface area contributed by atoms with Crippen molar-refractivity contribution in [3.63, 3.8) is 0 Å². The first-order valence-corrected chi connectivity index (χ1v) is 9.51. The summed E-state index contributed by atoms with van der Waals surface area (Å²) in [6, 6.07) is 15.5. The lowest BCUT2D eigenvalue weighted by molar-refractivity contribution is 0.107. The highest BCUT2D eigenvalue weighted by molar-refractivity contribution is 7.64. The van der Waals surface area contributed by atoms with E-state index in [9.17, 15) is 9.36 Å². The number of unbranched alkanes of at least 4 members (excludes halogenated alkanes) is 1. The van der Waals surface area contributed by atoms with Gasteiger partial charge < -0.3 is 0 Å². The summed E-state index contributed by atoms with van der Waals surface area (Å²) in [6.45, 7) is 5.93. The van der Waals surface area contributed by atoms with E-state index < -0.39 is 7.80 Å². The van der Waals surface area contributed by atoms with Crippen molar-refractivity contribution in [1.82, 2.24) is 0 Å². The van der Waals surface area contributed by atoms with Crippen LogP contribution >= 0.6 is 7.80 Å². The first kappa shape index (κ1) is 17.6. The average Bonchev–Trinajstić information content (AvgIpc) is 2.55. The largest absolute Gasteiger partial charge is 0.281 e. The molecule has 121 valence electrons. The molecule has 2 nitrogen and oxygen atoms in total. The van der Waals surface area contributed by atoms with Gasteiger partial charge in [-0.05, 0) is 37.0 Å². The lowest BCUT2D eigenvalue weighted by Gasteiger charge is -2.17. The Balaban J connectivity index is 2.35. The van der Waals surface area contributed by atoms with Crippen LogP contribution in [-0.2, 0) is 4.57 Å². The van der Waals surface area contributed by atoms with Crippen molar-refractivity contribution in [2.75, 3.05) is 0 Å². The second-order valence-electron chi connectivity index (χ2n) is 5.97. The zero-order valence-corrected chi connectivity index (χ0v) is 15.0. The molecule has 0 aromatic heterocycles. The SMILES string of the molecule is CCCCC(c1ccccc1)[P](=O)C(=O)c1c(C)cccc1C. The van der Waals surface area contributed by atoms with Gasteiger partial charge in [-0.25, -0.2) is 0 Å². The van der Waals surface area contributed by atoms with E-state index in [4.69, 9.17) is 0 Å². The molecule has 2 aromatic carbocycles. The Hall–Kier alpha value is -1.79. The summed E-state index contributed by atoms with van der Waals surface area (Å²) in [7, 11) is -1.99. The van der Waals surface area contributed by atoms with Crippen LogP contribution in [0.2, 0.25) is 0 Å². The second-order valence-corrected chi connectivity index (χ2v) is 7.65. The van der Waals surface area contributed by atoms with Crippen LogP contribution in [0.15, 0.2) is 48.5 Å². The number of hydrogen-bond donors (Lipinski definition) is 0. The van der Waals surface area contributed by atoms with E-state index in [2.05, 4.69) is 6.92 Å². The van der Waals surface area contributed by atoms with Gasteiger partial charge in [-0.15, -0.1) is 0 Å². The van der Waals surface area contributed by atoms with Crippen molar-refractivity contribution in [2.24, 2.45) is 0 Å². The van der Waals surface area contributed by atoms with Gasteiger partial charge in [0.15, 0.2) is 7.80 Å². The molecule has 0 aliphatic carbocycles. The standard InChI is InChI=1S/C20H24O2P/c1-4-5-14-18(17-12-7-6-8-13-17)23(22)20(21)19-15(2)10-9-11-16(19)3/h6-13,18H,4-5,14H2,1-3H3. The Morgan fingerprint density at radius 1 is 1.00 bits per heavy atom. The quantitative estimate of drug-likeness (QED) is 0.567. The van der Waals surface area contributed by atoms with Crippen LogP contribution in [0, 0.1) is 13.8 Å². The molecule has 3 heteroatoms. The zero-order valence-electron chi connectivity index (χ0n) is 14.1. The van der Waals surface area contributed by atoms with Crippen LogP contribution in [0.5, 0.6) is 0 Å². The smallest absolute Gasteiger partial charge is 0.242 e. The number of carbonyl (C=O) groups excluding carboxylic acids is 1. The van der Waals surface area contributed by atoms with E-state index in [1.165, 1.54) is 0 Å². The van der Waals surface area contributed by atoms with Crippen molar-refractivity contribution < 1.29 is 9.36 Å². The Bertz CT molecular complexity index is 672. The molecule has 23 heavy (non-hydrogen) atoms. The molecule has 0 fully saturated rings. The van der Waals surface area contributed by atoms with Gasteiger partial charge >= 0.3 is 0 Å². The lowest BCUT2D eigenvalue weighted by atomic mass is 10.0. The maximum absolute atomic E-state index is 13.1. The molecule has 2 atom stereocenters. The summed E-state index contributed by atoms with van der Waals surface area (Å²) in [5.74, 6) is 0. The van der Waals surface area contributed by atoms with Gasteiger partial charge in [-0.1, -0.05) is 68.3 Å². The molecular formula is C20H24O2P. The molecule has 0 aliphatic heterocycles. The molecule has 0 aliphatic rings. The summed E-state index contributed by atoms with van der Waals surface area (Å²) in [5, 5.41) is 0. The van der Waals surface area contributed by atoms with Crippen molar-refractivity contribution in [1.29, 1.82) is 0 Å². The highest BCUT2D eigenvalue weighted by Gasteiger charge is 2.28. The monoisotopic (exact) mass is 327 g/mol. The van der Waals surface area contributed by atoms with E-state index in [1.807, 2.05) is 62.4 Å². The molecule has 0 N–H and O–H groups in total. The number of rotatable bonds is 7. The third-order valence-electron chi connectivity index (χ3n) is 4.19. The fraction of sp³-hybridized carbons (Fsp3) is 0.350. The summed E-state index contributed by atoms with van der Waals surface area (Å²) < 4.78 is 13.1. The molecule has 2 unspecified atom stereocenters. The van der Waals surface area contributed by atoms with Gasteiger partial charge in [-0.2, -0.15) is 0 Å². The van der Waals surface area contributed by atoms with E-state index in [0.717, 1.165) is 36.0 Å². The van der Waals surface area contributed by atoms with Gasteiger partial charge in [0, 0.05) is 5.56 Å². The summed E-state index contributed by atoms with van der Waals surface area (Å²) >= 11 is 0. The van der Waals surface area contributed by atoms with Gasteiger partial charge in [-0.3, -0.25) is 9.36 Å². The first-order valence-electron chi connectivity index (χ1n) is 8.18. The van der Waals surface area contributed by atoms with Crippen molar-refractivity contribution in [2.45, 2.75) is 45.7 Å². The summed E-state index contributed by atoms with van der Waals surface area (Å²) in [6.07, 6.45) is 2.79. The van der Waals surface area contributed by atoms with Gasteiger partial charge in [0.05, 0.1) is 5.66 Å². The van der Waals surface area contributed by atoms with E-state index in [-0.39, 0.29) is 11.2 Å². The minimum Gasteiger partial charge on any atom is -0.281 e. The van der Waals surface area contributed by atoms with Crippen LogP contribution in [0.1, 0.15) is 58.9 Å². The number of hydrogen-bond acceptors (Lipinski definition) is 2. The van der Waals surface area contributed by atoms with Crippen LogP contribution in [0.3, 0.4) is 0 Å². The van der Waals surface area contributed by atoms with Gasteiger partial charge in [0.2, 0.25) is 5.52 Å². The predicted molar refractivity (Wildman–Crippen MR) is 96.6 cm³/mol.